The van der Waals surface area contributed by atoms with Crippen LogP contribution in [0.5, 0.6) is 0 Å². The van der Waals surface area contributed by atoms with Crippen LogP contribution in [0.25, 0.3) is 0 Å². The Hall–Kier alpha value is -1.44. The molecule has 1 aliphatic heterocycles. The molecule has 21 heavy (non-hydrogen) atoms. The highest BCUT2D eigenvalue weighted by atomic mass is 32.2. The lowest BCUT2D eigenvalue weighted by molar-refractivity contribution is -0.119. The monoisotopic (exact) mass is 311 g/mol. The molecule has 4 N–H and O–H groups in total. The fraction of sp³-hybridized carbons (Fsp3) is 0.500. The van der Waals surface area contributed by atoms with Gasteiger partial charge in [-0.1, -0.05) is 12.1 Å². The first-order chi connectivity index (χ1) is 9.71. The van der Waals surface area contributed by atoms with E-state index in [-0.39, 0.29) is 6.42 Å². The van der Waals surface area contributed by atoms with Crippen molar-refractivity contribution in [3.8, 4) is 0 Å². The Morgan fingerprint density at radius 3 is 2.81 bits per heavy atom. The number of nitrogens with two attached hydrogens (primary N) is 1. The molecule has 0 aromatic heterocycles. The van der Waals surface area contributed by atoms with Crippen molar-refractivity contribution in [1.82, 2.24) is 10.0 Å². The Morgan fingerprint density at radius 1 is 1.43 bits per heavy atom. The molecule has 0 saturated heterocycles. The maximum Gasteiger partial charge on any atom is 0.241 e. The summed E-state index contributed by atoms with van der Waals surface area (Å²) in [5.41, 5.74) is 6.09. The lowest BCUT2D eigenvalue weighted by Gasteiger charge is -2.26. The molecule has 7 heteroatoms. The van der Waals surface area contributed by atoms with Crippen LogP contribution in [0.2, 0.25) is 0 Å². The third-order valence-electron chi connectivity index (χ3n) is 3.41. The number of fused-ring (bicyclic) bond motifs is 1. The van der Waals surface area contributed by atoms with E-state index in [1.807, 2.05) is 6.07 Å². The third-order valence-corrected chi connectivity index (χ3v) is 5.20. The van der Waals surface area contributed by atoms with E-state index >= 15 is 0 Å². The first kappa shape index (κ1) is 15.9. The first-order valence-corrected chi connectivity index (χ1v) is 8.33. The van der Waals surface area contributed by atoms with Crippen LogP contribution in [0.4, 0.5) is 0 Å². The van der Waals surface area contributed by atoms with E-state index in [1.165, 1.54) is 0 Å². The van der Waals surface area contributed by atoms with Crippen LogP contribution in [-0.4, -0.2) is 26.4 Å². The van der Waals surface area contributed by atoms with Crippen molar-refractivity contribution >= 4 is 15.9 Å². The minimum Gasteiger partial charge on any atom is -0.370 e. The molecule has 0 bridgehead atoms. The lowest BCUT2D eigenvalue weighted by atomic mass is 10.0. The molecule has 1 aromatic carbocycles. The Kier molecular flexibility index (Phi) is 4.36. The fourth-order valence-corrected chi connectivity index (χ4v) is 4.36. The standard InChI is InChI=1S/C14H21N3O3S/c1-14(2,8-13(15)18)17-21(19,20)12-5-3-4-10-9-16-7-6-11(10)12/h3-5,16-17H,6-9H2,1-2H3,(H2,15,18). The summed E-state index contributed by atoms with van der Waals surface area (Å²) in [5, 5.41) is 3.22. The molecule has 1 heterocycles. The molecule has 1 aromatic rings. The number of primary amides is 1. The minimum atomic E-state index is -3.69. The molecule has 0 fully saturated rings. The SMILES string of the molecule is CC(C)(CC(N)=O)NS(=O)(=O)c1cccc2c1CCNC2. The van der Waals surface area contributed by atoms with Gasteiger partial charge in [-0.2, -0.15) is 0 Å². The Labute approximate surface area is 125 Å². The van der Waals surface area contributed by atoms with Gasteiger partial charge in [0.2, 0.25) is 15.9 Å². The summed E-state index contributed by atoms with van der Waals surface area (Å²) in [6, 6.07) is 5.27. The maximum absolute atomic E-state index is 12.6. The van der Waals surface area contributed by atoms with Crippen molar-refractivity contribution in [3.05, 3.63) is 29.3 Å². The Morgan fingerprint density at radius 2 is 2.14 bits per heavy atom. The lowest BCUT2D eigenvalue weighted by Crippen LogP contribution is -2.46. The van der Waals surface area contributed by atoms with E-state index in [9.17, 15) is 13.2 Å². The quantitative estimate of drug-likeness (QED) is 0.726. The van der Waals surface area contributed by atoms with Gasteiger partial charge in [-0.3, -0.25) is 4.79 Å². The summed E-state index contributed by atoms with van der Waals surface area (Å²) < 4.78 is 27.8. The van der Waals surface area contributed by atoms with Crippen LogP contribution >= 0.6 is 0 Å². The van der Waals surface area contributed by atoms with E-state index in [0.717, 1.165) is 17.7 Å². The van der Waals surface area contributed by atoms with E-state index in [2.05, 4.69) is 10.0 Å². The molecule has 0 saturated carbocycles. The van der Waals surface area contributed by atoms with Gasteiger partial charge in [0.1, 0.15) is 0 Å². The molecule has 1 amide bonds. The van der Waals surface area contributed by atoms with Gasteiger partial charge in [0.15, 0.2) is 0 Å². The Bertz CT molecular complexity index is 653. The second kappa shape index (κ2) is 5.75. The van der Waals surface area contributed by atoms with Crippen LogP contribution < -0.4 is 15.8 Å². The molecule has 1 aliphatic rings. The zero-order valence-corrected chi connectivity index (χ0v) is 13.1. The van der Waals surface area contributed by atoms with Gasteiger partial charge in [-0.05, 0) is 44.0 Å². The third kappa shape index (κ3) is 3.81. The molecule has 0 aliphatic carbocycles. The van der Waals surface area contributed by atoms with Crippen LogP contribution in [-0.2, 0) is 27.8 Å². The number of hydrogen-bond acceptors (Lipinski definition) is 4. The number of nitrogens with one attached hydrogen (secondary N) is 2. The molecule has 116 valence electrons. The number of benzene rings is 1. The summed E-state index contributed by atoms with van der Waals surface area (Å²) in [6.45, 7) is 4.71. The van der Waals surface area contributed by atoms with Gasteiger partial charge in [-0.15, -0.1) is 0 Å². The fourth-order valence-electron chi connectivity index (χ4n) is 2.64. The first-order valence-electron chi connectivity index (χ1n) is 6.85. The van der Waals surface area contributed by atoms with Crippen molar-refractivity contribution in [2.75, 3.05) is 6.54 Å². The molecule has 2 rings (SSSR count). The van der Waals surface area contributed by atoms with Crippen LogP contribution in [0, 0.1) is 0 Å². The van der Waals surface area contributed by atoms with Crippen LogP contribution in [0.1, 0.15) is 31.4 Å². The normalized spacial score (nSPS) is 15.5. The number of amides is 1. The average Bonchev–Trinajstić information content (AvgIpc) is 2.35. The Balaban J connectivity index is 2.34. The molecular formula is C14H21N3O3S. The largest absolute Gasteiger partial charge is 0.370 e. The zero-order valence-electron chi connectivity index (χ0n) is 12.3. The van der Waals surface area contributed by atoms with Crippen molar-refractivity contribution in [1.29, 1.82) is 0 Å². The van der Waals surface area contributed by atoms with Crippen molar-refractivity contribution in [2.24, 2.45) is 5.73 Å². The number of sulfonamides is 1. The van der Waals surface area contributed by atoms with E-state index in [1.54, 1.807) is 26.0 Å². The summed E-state index contributed by atoms with van der Waals surface area (Å²) in [6.07, 6.45) is 0.617. The predicted molar refractivity (Wildman–Crippen MR) is 80.1 cm³/mol. The number of rotatable bonds is 5. The maximum atomic E-state index is 12.6. The molecular weight excluding hydrogens is 290 g/mol. The molecule has 0 radical (unpaired) electrons. The van der Waals surface area contributed by atoms with Gasteiger partial charge in [0, 0.05) is 18.5 Å². The second-order valence-electron chi connectivity index (χ2n) is 5.95. The van der Waals surface area contributed by atoms with Gasteiger partial charge in [-0.25, -0.2) is 13.1 Å². The van der Waals surface area contributed by atoms with Crippen molar-refractivity contribution < 1.29 is 13.2 Å². The van der Waals surface area contributed by atoms with E-state index in [0.29, 0.717) is 17.9 Å². The summed E-state index contributed by atoms with van der Waals surface area (Å²) in [4.78, 5) is 11.3. The number of carbonyl (C=O) groups is 1. The second-order valence-corrected chi connectivity index (χ2v) is 7.60. The molecule has 0 atom stereocenters. The van der Waals surface area contributed by atoms with Gasteiger partial charge in [0.05, 0.1) is 4.90 Å². The molecule has 0 spiro atoms. The van der Waals surface area contributed by atoms with Gasteiger partial charge in [0.25, 0.3) is 0 Å². The highest BCUT2D eigenvalue weighted by Crippen LogP contribution is 2.24. The number of carbonyl (C=O) groups excluding carboxylic acids is 1. The highest BCUT2D eigenvalue weighted by Gasteiger charge is 2.30. The summed E-state index contributed by atoms with van der Waals surface area (Å²) in [5.74, 6) is -0.540. The topological polar surface area (TPSA) is 101 Å². The highest BCUT2D eigenvalue weighted by molar-refractivity contribution is 7.89. The van der Waals surface area contributed by atoms with Crippen molar-refractivity contribution in [2.45, 2.75) is 43.7 Å². The van der Waals surface area contributed by atoms with Gasteiger partial charge < -0.3 is 11.1 Å². The smallest absolute Gasteiger partial charge is 0.241 e. The summed E-state index contributed by atoms with van der Waals surface area (Å²) in [7, 11) is -3.69. The van der Waals surface area contributed by atoms with E-state index < -0.39 is 21.5 Å². The van der Waals surface area contributed by atoms with E-state index in [4.69, 9.17) is 5.73 Å². The zero-order chi connectivity index (χ0) is 15.7. The molecule has 0 unspecified atom stereocenters. The van der Waals surface area contributed by atoms with Crippen LogP contribution in [0.3, 0.4) is 0 Å². The predicted octanol–water partition coefficient (Wildman–Crippen LogP) is 0.265. The molecule has 6 nitrogen and oxygen atoms in total. The van der Waals surface area contributed by atoms with Crippen molar-refractivity contribution in [3.63, 3.8) is 0 Å². The minimum absolute atomic E-state index is 0.0528. The summed E-state index contributed by atoms with van der Waals surface area (Å²) >= 11 is 0. The van der Waals surface area contributed by atoms with Crippen LogP contribution in [0.15, 0.2) is 23.1 Å². The number of hydrogen-bond donors (Lipinski definition) is 3. The van der Waals surface area contributed by atoms with Gasteiger partial charge >= 0.3 is 0 Å². The average molecular weight is 311 g/mol.